The van der Waals surface area contributed by atoms with Crippen LogP contribution in [0.4, 0.5) is 0 Å². The summed E-state index contributed by atoms with van der Waals surface area (Å²) in [4.78, 5) is 0. The van der Waals surface area contributed by atoms with Gasteiger partial charge in [-0.15, -0.1) is 0 Å². The first kappa shape index (κ1) is 11.0. The van der Waals surface area contributed by atoms with E-state index in [0.29, 0.717) is 0 Å². The van der Waals surface area contributed by atoms with Gasteiger partial charge in [0.15, 0.2) is 0 Å². The standard InChI is InChI=1S/C15H24/c1-4-5-6-13-9-14-7-11(2)12(3)8-15(14)10-13/h9-13H,4-8H2,1-3H3. The highest BCUT2D eigenvalue weighted by Crippen LogP contribution is 2.42. The van der Waals surface area contributed by atoms with Crippen molar-refractivity contribution in [3.63, 3.8) is 0 Å². The van der Waals surface area contributed by atoms with Crippen molar-refractivity contribution in [2.45, 2.75) is 52.9 Å². The third-order valence-electron chi connectivity index (χ3n) is 4.19. The number of hydrogen-bond acceptors (Lipinski definition) is 0. The third kappa shape index (κ3) is 2.35. The van der Waals surface area contributed by atoms with Gasteiger partial charge >= 0.3 is 0 Å². The van der Waals surface area contributed by atoms with Gasteiger partial charge in [0.2, 0.25) is 0 Å². The van der Waals surface area contributed by atoms with Gasteiger partial charge in [0.25, 0.3) is 0 Å². The molecule has 2 atom stereocenters. The number of fused-ring (bicyclic) bond motifs is 1. The van der Waals surface area contributed by atoms with E-state index in [9.17, 15) is 0 Å². The van der Waals surface area contributed by atoms with Crippen LogP contribution in [0, 0.1) is 17.8 Å². The predicted octanol–water partition coefficient (Wildman–Crippen LogP) is 4.73. The zero-order chi connectivity index (χ0) is 10.8. The molecule has 15 heavy (non-hydrogen) atoms. The molecule has 0 heterocycles. The molecule has 0 aromatic heterocycles. The molecule has 0 aliphatic heterocycles. The zero-order valence-electron chi connectivity index (χ0n) is 10.4. The maximum atomic E-state index is 2.55. The van der Waals surface area contributed by atoms with Gasteiger partial charge in [-0.05, 0) is 48.2 Å². The molecule has 0 radical (unpaired) electrons. The number of allylic oxidation sites excluding steroid dienone is 4. The van der Waals surface area contributed by atoms with Gasteiger partial charge in [-0.25, -0.2) is 0 Å². The molecule has 84 valence electrons. The van der Waals surface area contributed by atoms with Crippen molar-refractivity contribution in [2.24, 2.45) is 17.8 Å². The number of rotatable bonds is 3. The fraction of sp³-hybridized carbons (Fsp3) is 0.733. The van der Waals surface area contributed by atoms with Crippen LogP contribution in [0.3, 0.4) is 0 Å². The van der Waals surface area contributed by atoms with Gasteiger partial charge in [-0.1, -0.05) is 45.8 Å². The summed E-state index contributed by atoms with van der Waals surface area (Å²) in [5.41, 5.74) is 3.36. The Labute approximate surface area is 94.5 Å². The van der Waals surface area contributed by atoms with Gasteiger partial charge < -0.3 is 0 Å². The average Bonchev–Trinajstić information content (AvgIpc) is 2.58. The quantitative estimate of drug-likeness (QED) is 0.623. The second kappa shape index (κ2) is 4.55. The SMILES string of the molecule is CCCCC1C=C2CC(C)C(C)CC2=C1. The topological polar surface area (TPSA) is 0 Å². The Hall–Kier alpha value is -0.520. The molecule has 0 amide bonds. The number of hydrogen-bond donors (Lipinski definition) is 0. The van der Waals surface area contributed by atoms with Crippen LogP contribution >= 0.6 is 0 Å². The Morgan fingerprint density at radius 3 is 2.07 bits per heavy atom. The van der Waals surface area contributed by atoms with Gasteiger partial charge in [-0.2, -0.15) is 0 Å². The third-order valence-corrected chi connectivity index (χ3v) is 4.19. The fourth-order valence-corrected chi connectivity index (χ4v) is 2.88. The van der Waals surface area contributed by atoms with Crippen LogP contribution in [0.15, 0.2) is 23.3 Å². The maximum absolute atomic E-state index is 2.55. The molecule has 0 aromatic carbocycles. The minimum atomic E-state index is 0.771. The average molecular weight is 204 g/mol. The molecule has 1 fully saturated rings. The Morgan fingerprint density at radius 2 is 1.60 bits per heavy atom. The summed E-state index contributed by atoms with van der Waals surface area (Å²) >= 11 is 0. The van der Waals surface area contributed by atoms with E-state index in [0.717, 1.165) is 17.8 Å². The predicted molar refractivity (Wildman–Crippen MR) is 66.7 cm³/mol. The van der Waals surface area contributed by atoms with Crippen molar-refractivity contribution in [1.82, 2.24) is 0 Å². The van der Waals surface area contributed by atoms with E-state index >= 15 is 0 Å². The van der Waals surface area contributed by atoms with Crippen molar-refractivity contribution >= 4 is 0 Å². The summed E-state index contributed by atoms with van der Waals surface area (Å²) in [5.74, 6) is 2.55. The second-order valence-electron chi connectivity index (χ2n) is 5.55. The largest absolute Gasteiger partial charge is 0.0741 e. The Kier molecular flexibility index (Phi) is 3.33. The van der Waals surface area contributed by atoms with Crippen LogP contribution in [0.2, 0.25) is 0 Å². The lowest BCUT2D eigenvalue weighted by Gasteiger charge is -2.28. The van der Waals surface area contributed by atoms with E-state index < -0.39 is 0 Å². The first-order chi connectivity index (χ1) is 7.20. The van der Waals surface area contributed by atoms with Crippen LogP contribution in [-0.2, 0) is 0 Å². The zero-order valence-corrected chi connectivity index (χ0v) is 10.4. The van der Waals surface area contributed by atoms with E-state index in [1.165, 1.54) is 32.1 Å². The first-order valence-electron chi connectivity index (χ1n) is 6.62. The molecule has 0 aromatic rings. The fourth-order valence-electron chi connectivity index (χ4n) is 2.88. The molecule has 0 bridgehead atoms. The Balaban J connectivity index is 2.01. The van der Waals surface area contributed by atoms with Gasteiger partial charge in [0, 0.05) is 0 Å². The highest BCUT2D eigenvalue weighted by Gasteiger charge is 2.27. The lowest BCUT2D eigenvalue weighted by atomic mass is 9.77. The Bertz CT molecular complexity index is 256. The lowest BCUT2D eigenvalue weighted by molar-refractivity contribution is 0.360. The van der Waals surface area contributed by atoms with Crippen LogP contribution in [0.25, 0.3) is 0 Å². The highest BCUT2D eigenvalue weighted by atomic mass is 14.3. The van der Waals surface area contributed by atoms with Crippen molar-refractivity contribution in [3.05, 3.63) is 23.3 Å². The molecule has 0 saturated heterocycles. The molecule has 0 heteroatoms. The molecule has 0 spiro atoms. The van der Waals surface area contributed by atoms with Crippen molar-refractivity contribution < 1.29 is 0 Å². The monoisotopic (exact) mass is 204 g/mol. The smallest absolute Gasteiger partial charge is 0.00417 e. The van der Waals surface area contributed by atoms with Crippen LogP contribution < -0.4 is 0 Å². The summed E-state index contributed by atoms with van der Waals surface area (Å²) < 4.78 is 0. The molecule has 2 unspecified atom stereocenters. The summed E-state index contributed by atoms with van der Waals surface area (Å²) in [5, 5.41) is 0. The van der Waals surface area contributed by atoms with Crippen LogP contribution in [0.5, 0.6) is 0 Å². The van der Waals surface area contributed by atoms with Crippen LogP contribution in [-0.4, -0.2) is 0 Å². The van der Waals surface area contributed by atoms with Gasteiger partial charge in [0.05, 0.1) is 0 Å². The maximum Gasteiger partial charge on any atom is -0.00417 e. The molecule has 1 saturated carbocycles. The van der Waals surface area contributed by atoms with Gasteiger partial charge in [0.1, 0.15) is 0 Å². The van der Waals surface area contributed by atoms with E-state index in [2.05, 4.69) is 32.9 Å². The number of unbranched alkanes of at least 4 members (excludes halogenated alkanes) is 1. The van der Waals surface area contributed by atoms with E-state index in [-0.39, 0.29) is 0 Å². The normalized spacial score (nSPS) is 34.7. The second-order valence-corrected chi connectivity index (χ2v) is 5.55. The molecular formula is C15H24. The van der Waals surface area contributed by atoms with E-state index in [4.69, 9.17) is 0 Å². The summed E-state index contributed by atoms with van der Waals surface area (Å²) in [7, 11) is 0. The first-order valence-corrected chi connectivity index (χ1v) is 6.62. The molecule has 0 nitrogen and oxygen atoms in total. The molecular weight excluding hydrogens is 180 g/mol. The van der Waals surface area contributed by atoms with E-state index in [1.54, 1.807) is 11.1 Å². The minimum Gasteiger partial charge on any atom is -0.0741 e. The summed E-state index contributed by atoms with van der Waals surface area (Å²) in [6, 6.07) is 0. The van der Waals surface area contributed by atoms with Gasteiger partial charge in [-0.3, -0.25) is 0 Å². The summed E-state index contributed by atoms with van der Waals surface area (Å²) in [6.45, 7) is 7.09. The van der Waals surface area contributed by atoms with Crippen molar-refractivity contribution in [3.8, 4) is 0 Å². The van der Waals surface area contributed by atoms with E-state index in [1.807, 2.05) is 0 Å². The molecule has 2 aliphatic carbocycles. The van der Waals surface area contributed by atoms with Crippen molar-refractivity contribution in [2.75, 3.05) is 0 Å². The summed E-state index contributed by atoms with van der Waals surface area (Å²) in [6.07, 6.45) is 11.8. The highest BCUT2D eigenvalue weighted by molar-refractivity contribution is 5.41. The Morgan fingerprint density at radius 1 is 1.07 bits per heavy atom. The minimum absolute atomic E-state index is 0.771. The molecule has 0 N–H and O–H groups in total. The molecule has 2 rings (SSSR count). The molecule has 2 aliphatic rings. The van der Waals surface area contributed by atoms with Crippen molar-refractivity contribution in [1.29, 1.82) is 0 Å². The van der Waals surface area contributed by atoms with Crippen LogP contribution in [0.1, 0.15) is 52.9 Å². The lowest BCUT2D eigenvalue weighted by Crippen LogP contribution is -2.15.